The van der Waals surface area contributed by atoms with Gasteiger partial charge in [-0.3, -0.25) is 0 Å². The Bertz CT molecular complexity index is 66.0. The molecule has 56 valence electrons. The van der Waals surface area contributed by atoms with Crippen LogP contribution in [0.15, 0.2) is 0 Å². The molecule has 0 aromatic rings. The molecule has 0 bridgehead atoms. The highest BCUT2D eigenvalue weighted by molar-refractivity contribution is 5.85. The van der Waals surface area contributed by atoms with Gasteiger partial charge in [-0.15, -0.1) is 12.4 Å². The van der Waals surface area contributed by atoms with Crippen LogP contribution >= 0.6 is 12.4 Å². The van der Waals surface area contributed by atoms with Crippen molar-refractivity contribution in [2.75, 3.05) is 13.2 Å². The number of hydroxylamine groups is 1. The second-order valence-electron chi connectivity index (χ2n) is 2.02. The molecule has 0 aromatic carbocycles. The lowest BCUT2D eigenvalue weighted by molar-refractivity contribution is 0.0295. The van der Waals surface area contributed by atoms with Crippen LogP contribution in [0.25, 0.3) is 0 Å². The normalized spacial score (nSPS) is 21.0. The number of hydrogen-bond donors (Lipinski definition) is 2. The fraction of sp³-hybridized carbons (Fsp3) is 1.00. The van der Waals surface area contributed by atoms with Gasteiger partial charge in [0.1, 0.15) is 0 Å². The molecule has 1 rings (SSSR count). The molecule has 0 amide bonds. The summed E-state index contributed by atoms with van der Waals surface area (Å²) in [7, 11) is 0. The Labute approximate surface area is 60.8 Å². The van der Waals surface area contributed by atoms with Crippen molar-refractivity contribution in [2.24, 2.45) is 0 Å². The Hall–Kier alpha value is 0.170. The molecule has 0 aromatic heterocycles. The fourth-order valence-corrected chi connectivity index (χ4v) is 0.827. The maximum absolute atomic E-state index is 8.39. The van der Waals surface area contributed by atoms with E-state index in [2.05, 4.69) is 5.48 Å². The van der Waals surface area contributed by atoms with Crippen molar-refractivity contribution in [3.63, 3.8) is 0 Å². The summed E-state index contributed by atoms with van der Waals surface area (Å²) in [5.41, 5.74) is 2.22. The van der Waals surface area contributed by atoms with Crippen LogP contribution in [0.1, 0.15) is 12.8 Å². The number of hydrogen-bond acceptors (Lipinski definition) is 3. The summed E-state index contributed by atoms with van der Waals surface area (Å²) in [4.78, 5) is 0. The van der Waals surface area contributed by atoms with Gasteiger partial charge in [0.2, 0.25) is 0 Å². The predicted molar refractivity (Wildman–Crippen MR) is 36.0 cm³/mol. The fourth-order valence-electron chi connectivity index (χ4n) is 0.827. The van der Waals surface area contributed by atoms with Crippen molar-refractivity contribution < 1.29 is 9.94 Å². The zero-order valence-electron chi connectivity index (χ0n) is 5.17. The van der Waals surface area contributed by atoms with E-state index in [0.29, 0.717) is 0 Å². The monoisotopic (exact) mass is 153 g/mol. The van der Waals surface area contributed by atoms with Crippen LogP contribution in [0, 0.1) is 0 Å². The molecule has 0 spiro atoms. The van der Waals surface area contributed by atoms with Gasteiger partial charge in [-0.1, -0.05) is 0 Å². The van der Waals surface area contributed by atoms with Crippen molar-refractivity contribution in [3.8, 4) is 0 Å². The second kappa shape index (κ2) is 4.99. The lowest BCUT2D eigenvalue weighted by atomic mass is 10.1. The van der Waals surface area contributed by atoms with Crippen molar-refractivity contribution in [2.45, 2.75) is 18.9 Å². The standard InChI is InChI=1S/C5H11NO2.ClH/c7-6-5-1-3-8-4-2-5;/h5-7H,1-4H2;1H. The summed E-state index contributed by atoms with van der Waals surface area (Å²) in [5, 5.41) is 8.39. The average molecular weight is 154 g/mol. The molecule has 0 unspecified atom stereocenters. The number of nitrogens with one attached hydrogen (secondary N) is 1. The van der Waals surface area contributed by atoms with Crippen LogP contribution in [0.3, 0.4) is 0 Å². The van der Waals surface area contributed by atoms with E-state index < -0.39 is 0 Å². The smallest absolute Gasteiger partial charge is 0.0481 e. The topological polar surface area (TPSA) is 41.5 Å². The van der Waals surface area contributed by atoms with Crippen molar-refractivity contribution in [3.05, 3.63) is 0 Å². The van der Waals surface area contributed by atoms with Crippen LogP contribution < -0.4 is 5.48 Å². The van der Waals surface area contributed by atoms with E-state index in [1.54, 1.807) is 0 Å². The zero-order chi connectivity index (χ0) is 5.82. The molecule has 0 saturated carbocycles. The molecule has 0 aliphatic carbocycles. The van der Waals surface area contributed by atoms with E-state index >= 15 is 0 Å². The Morgan fingerprint density at radius 3 is 2.22 bits per heavy atom. The minimum Gasteiger partial charge on any atom is -0.381 e. The SMILES string of the molecule is Cl.ONC1CCOCC1. The predicted octanol–water partition coefficient (Wildman–Crippen LogP) is 0.566. The molecule has 0 atom stereocenters. The molecular weight excluding hydrogens is 142 g/mol. The van der Waals surface area contributed by atoms with E-state index in [1.807, 2.05) is 0 Å². The summed E-state index contributed by atoms with van der Waals surface area (Å²) < 4.78 is 5.05. The highest BCUT2D eigenvalue weighted by Gasteiger charge is 2.10. The minimum absolute atomic E-state index is 0. The van der Waals surface area contributed by atoms with Crippen LogP contribution in [-0.4, -0.2) is 24.5 Å². The zero-order valence-corrected chi connectivity index (χ0v) is 5.99. The molecule has 9 heavy (non-hydrogen) atoms. The van der Waals surface area contributed by atoms with Gasteiger partial charge < -0.3 is 9.94 Å². The first-order valence-electron chi connectivity index (χ1n) is 2.91. The molecule has 2 N–H and O–H groups in total. The number of ether oxygens (including phenoxy) is 1. The second-order valence-corrected chi connectivity index (χ2v) is 2.02. The van der Waals surface area contributed by atoms with Crippen LogP contribution in [0.2, 0.25) is 0 Å². The summed E-state index contributed by atoms with van der Waals surface area (Å²) >= 11 is 0. The summed E-state index contributed by atoms with van der Waals surface area (Å²) in [5.74, 6) is 0. The third-order valence-corrected chi connectivity index (χ3v) is 1.40. The molecule has 1 saturated heterocycles. The van der Waals surface area contributed by atoms with E-state index in [9.17, 15) is 0 Å². The largest absolute Gasteiger partial charge is 0.381 e. The minimum atomic E-state index is 0. The highest BCUT2D eigenvalue weighted by atomic mass is 35.5. The Morgan fingerprint density at radius 2 is 1.89 bits per heavy atom. The van der Waals surface area contributed by atoms with Gasteiger partial charge in [0, 0.05) is 19.3 Å². The maximum Gasteiger partial charge on any atom is 0.0481 e. The van der Waals surface area contributed by atoms with Gasteiger partial charge >= 0.3 is 0 Å². The molecule has 1 fully saturated rings. The molecule has 1 aliphatic rings. The van der Waals surface area contributed by atoms with E-state index in [-0.39, 0.29) is 18.4 Å². The quantitative estimate of drug-likeness (QED) is 0.541. The van der Waals surface area contributed by atoms with Gasteiger partial charge in [-0.05, 0) is 12.8 Å². The van der Waals surface area contributed by atoms with Gasteiger partial charge in [0.15, 0.2) is 0 Å². The molecule has 3 nitrogen and oxygen atoms in total. The molecule has 1 heterocycles. The Kier molecular flexibility index (Phi) is 5.09. The van der Waals surface area contributed by atoms with Crippen molar-refractivity contribution >= 4 is 12.4 Å². The number of rotatable bonds is 1. The van der Waals surface area contributed by atoms with Crippen LogP contribution in [-0.2, 0) is 4.74 Å². The Balaban J connectivity index is 0.000000640. The highest BCUT2D eigenvalue weighted by Crippen LogP contribution is 2.04. The molecule has 0 radical (unpaired) electrons. The van der Waals surface area contributed by atoms with Crippen molar-refractivity contribution in [1.82, 2.24) is 5.48 Å². The first-order valence-corrected chi connectivity index (χ1v) is 2.91. The van der Waals surface area contributed by atoms with E-state index in [4.69, 9.17) is 9.94 Å². The molecule has 1 aliphatic heterocycles. The molecular formula is C5H12ClNO2. The van der Waals surface area contributed by atoms with E-state index in [0.717, 1.165) is 26.1 Å². The van der Waals surface area contributed by atoms with Crippen LogP contribution in [0.5, 0.6) is 0 Å². The lowest BCUT2D eigenvalue weighted by Gasteiger charge is -2.19. The third-order valence-electron chi connectivity index (χ3n) is 1.40. The summed E-state index contributed by atoms with van der Waals surface area (Å²) in [6.45, 7) is 1.55. The van der Waals surface area contributed by atoms with Crippen LogP contribution in [0.4, 0.5) is 0 Å². The van der Waals surface area contributed by atoms with Gasteiger partial charge in [0.25, 0.3) is 0 Å². The van der Waals surface area contributed by atoms with Gasteiger partial charge in [0.05, 0.1) is 0 Å². The van der Waals surface area contributed by atoms with Gasteiger partial charge in [-0.25, -0.2) is 5.48 Å². The summed E-state index contributed by atoms with van der Waals surface area (Å²) in [6.07, 6.45) is 1.85. The first-order chi connectivity index (χ1) is 3.93. The van der Waals surface area contributed by atoms with E-state index in [1.165, 1.54) is 0 Å². The van der Waals surface area contributed by atoms with Crippen molar-refractivity contribution in [1.29, 1.82) is 0 Å². The van der Waals surface area contributed by atoms with Gasteiger partial charge in [-0.2, -0.15) is 0 Å². The average Bonchev–Trinajstić information content (AvgIpc) is 1.90. The maximum atomic E-state index is 8.39. The number of halogens is 1. The first kappa shape index (κ1) is 9.17. The molecule has 4 heteroatoms. The summed E-state index contributed by atoms with van der Waals surface area (Å²) in [6, 6.07) is 0.267. The lowest BCUT2D eigenvalue weighted by Crippen LogP contribution is -2.32. The third kappa shape index (κ3) is 3.01. The Morgan fingerprint density at radius 1 is 1.33 bits per heavy atom.